The highest BCUT2D eigenvalue weighted by Gasteiger charge is 2.19. The van der Waals surface area contributed by atoms with Crippen molar-refractivity contribution in [1.29, 1.82) is 0 Å². The molecule has 1 atom stereocenters. The second-order valence-electron chi connectivity index (χ2n) is 18.3. The molecular weight excluding hydrogens is 721 g/mol. The van der Waals surface area contributed by atoms with Crippen molar-refractivity contribution in [1.82, 2.24) is 0 Å². The summed E-state index contributed by atoms with van der Waals surface area (Å²) in [6, 6.07) is 0. The van der Waals surface area contributed by atoms with E-state index in [1.54, 1.807) is 0 Å². The van der Waals surface area contributed by atoms with Crippen LogP contribution in [0.3, 0.4) is 0 Å². The first kappa shape index (κ1) is 56.4. The minimum absolute atomic E-state index is 0.0644. The number of esters is 3. The summed E-state index contributed by atoms with van der Waals surface area (Å²) in [5.74, 6) is -0.0208. The summed E-state index contributed by atoms with van der Waals surface area (Å²) in [6.45, 7) is 8.95. The van der Waals surface area contributed by atoms with Gasteiger partial charge < -0.3 is 14.2 Å². The maximum Gasteiger partial charge on any atom is 0.306 e. The second-order valence-corrected chi connectivity index (χ2v) is 18.3. The Labute approximate surface area is 361 Å². The lowest BCUT2D eigenvalue weighted by atomic mass is 10.0. The minimum atomic E-state index is -0.758. The van der Waals surface area contributed by atoms with E-state index in [1.807, 2.05) is 0 Å². The van der Waals surface area contributed by atoms with Crippen LogP contribution in [0.2, 0.25) is 0 Å². The molecule has 0 spiro atoms. The van der Waals surface area contributed by atoms with Gasteiger partial charge in [0.1, 0.15) is 13.2 Å². The number of ether oxygens (including phenoxy) is 3. The summed E-state index contributed by atoms with van der Waals surface area (Å²) in [7, 11) is 0. The van der Waals surface area contributed by atoms with Gasteiger partial charge >= 0.3 is 17.9 Å². The number of unbranched alkanes of at least 4 members (excludes halogenated alkanes) is 34. The average Bonchev–Trinajstić information content (AvgIpc) is 3.21. The molecule has 0 N–H and O–H groups in total. The zero-order valence-electron chi connectivity index (χ0n) is 39.5. The Morgan fingerprint density at radius 3 is 0.845 bits per heavy atom. The Morgan fingerprint density at radius 2 is 0.569 bits per heavy atom. The van der Waals surface area contributed by atoms with Crippen LogP contribution in [0.15, 0.2) is 0 Å². The first-order valence-electron chi connectivity index (χ1n) is 25.9. The van der Waals surface area contributed by atoms with Gasteiger partial charge in [0.25, 0.3) is 0 Å². The standard InChI is InChI=1S/C52H100O6/c1-5-7-9-11-12-13-14-15-16-17-18-19-20-23-26-29-32-36-39-43-50(53)56-46-49(58-52(55)45-41-34-10-8-6-2)47-57-51(54)44-40-37-33-30-27-24-21-22-25-28-31-35-38-42-48(3)4/h48-49H,5-47H2,1-4H3/t49-/m1/s1. The summed E-state index contributed by atoms with van der Waals surface area (Å²) in [6.07, 6.45) is 48.4. The van der Waals surface area contributed by atoms with Crippen molar-refractivity contribution in [3.63, 3.8) is 0 Å². The van der Waals surface area contributed by atoms with Gasteiger partial charge in [-0.3, -0.25) is 14.4 Å². The summed E-state index contributed by atoms with van der Waals surface area (Å²) in [4.78, 5) is 37.6. The Morgan fingerprint density at radius 1 is 0.328 bits per heavy atom. The van der Waals surface area contributed by atoms with Crippen LogP contribution in [0, 0.1) is 5.92 Å². The van der Waals surface area contributed by atoms with Gasteiger partial charge in [0, 0.05) is 19.3 Å². The Balaban J connectivity index is 4.04. The quantitative estimate of drug-likeness (QED) is 0.0346. The fourth-order valence-corrected chi connectivity index (χ4v) is 7.86. The Hall–Kier alpha value is -1.59. The molecule has 0 rings (SSSR count). The topological polar surface area (TPSA) is 78.9 Å². The van der Waals surface area contributed by atoms with E-state index in [0.29, 0.717) is 19.3 Å². The van der Waals surface area contributed by atoms with E-state index in [9.17, 15) is 14.4 Å². The van der Waals surface area contributed by atoms with Crippen LogP contribution >= 0.6 is 0 Å². The van der Waals surface area contributed by atoms with E-state index in [0.717, 1.165) is 70.1 Å². The minimum Gasteiger partial charge on any atom is -0.462 e. The number of rotatable bonds is 47. The predicted molar refractivity (Wildman–Crippen MR) is 247 cm³/mol. The van der Waals surface area contributed by atoms with E-state index in [4.69, 9.17) is 14.2 Å². The number of carbonyl (C=O) groups excluding carboxylic acids is 3. The van der Waals surface area contributed by atoms with Crippen LogP contribution < -0.4 is 0 Å². The molecule has 6 heteroatoms. The van der Waals surface area contributed by atoms with Crippen LogP contribution in [0.4, 0.5) is 0 Å². The van der Waals surface area contributed by atoms with E-state index in [-0.39, 0.29) is 31.1 Å². The van der Waals surface area contributed by atoms with Crippen molar-refractivity contribution in [2.24, 2.45) is 5.92 Å². The molecule has 0 aliphatic carbocycles. The SMILES string of the molecule is CCCCCCCCCCCCCCCCCCCCCC(=O)OC[C@H](COC(=O)CCCCCCCCCCCCCCCC(C)C)OC(=O)CCCCCCC. The first-order valence-corrected chi connectivity index (χ1v) is 25.9. The monoisotopic (exact) mass is 821 g/mol. The highest BCUT2D eigenvalue weighted by Crippen LogP contribution is 2.17. The zero-order chi connectivity index (χ0) is 42.4. The molecule has 58 heavy (non-hydrogen) atoms. The molecule has 0 radical (unpaired) electrons. The molecule has 0 bridgehead atoms. The molecule has 0 aliphatic rings. The van der Waals surface area contributed by atoms with Gasteiger partial charge in [-0.05, 0) is 25.2 Å². The molecule has 0 aliphatic heterocycles. The predicted octanol–water partition coefficient (Wildman–Crippen LogP) is 16.7. The molecular formula is C52H100O6. The molecule has 6 nitrogen and oxygen atoms in total. The fourth-order valence-electron chi connectivity index (χ4n) is 7.86. The van der Waals surface area contributed by atoms with Crippen LogP contribution in [-0.4, -0.2) is 37.2 Å². The summed E-state index contributed by atoms with van der Waals surface area (Å²) in [5.41, 5.74) is 0. The largest absolute Gasteiger partial charge is 0.462 e. The van der Waals surface area contributed by atoms with Gasteiger partial charge in [-0.25, -0.2) is 0 Å². The van der Waals surface area contributed by atoms with Crippen LogP contribution in [0.1, 0.15) is 291 Å². The number of carbonyl (C=O) groups is 3. The van der Waals surface area contributed by atoms with Crippen molar-refractivity contribution < 1.29 is 28.6 Å². The van der Waals surface area contributed by atoms with Gasteiger partial charge in [-0.2, -0.15) is 0 Å². The normalized spacial score (nSPS) is 11.9. The van der Waals surface area contributed by atoms with Crippen molar-refractivity contribution in [3.05, 3.63) is 0 Å². The van der Waals surface area contributed by atoms with Gasteiger partial charge in [-0.1, -0.05) is 252 Å². The van der Waals surface area contributed by atoms with Crippen molar-refractivity contribution >= 4 is 17.9 Å². The first-order chi connectivity index (χ1) is 28.4. The lowest BCUT2D eigenvalue weighted by Crippen LogP contribution is -2.30. The van der Waals surface area contributed by atoms with Crippen LogP contribution in [0.5, 0.6) is 0 Å². The van der Waals surface area contributed by atoms with Crippen molar-refractivity contribution in [2.75, 3.05) is 13.2 Å². The maximum atomic E-state index is 12.6. The molecule has 0 aromatic carbocycles. The third-order valence-electron chi connectivity index (χ3n) is 11.8. The Kier molecular flexibility index (Phi) is 45.2. The van der Waals surface area contributed by atoms with Crippen molar-refractivity contribution in [3.8, 4) is 0 Å². The van der Waals surface area contributed by atoms with E-state index < -0.39 is 6.10 Å². The zero-order valence-corrected chi connectivity index (χ0v) is 39.5. The van der Waals surface area contributed by atoms with E-state index in [2.05, 4.69) is 27.7 Å². The summed E-state index contributed by atoms with van der Waals surface area (Å²) < 4.78 is 16.7. The Bertz CT molecular complexity index is 872. The van der Waals surface area contributed by atoms with Gasteiger partial charge in [0.05, 0.1) is 0 Å². The van der Waals surface area contributed by atoms with Gasteiger partial charge in [-0.15, -0.1) is 0 Å². The van der Waals surface area contributed by atoms with Crippen LogP contribution in [-0.2, 0) is 28.6 Å². The number of hydrogen-bond donors (Lipinski definition) is 0. The van der Waals surface area contributed by atoms with E-state index >= 15 is 0 Å². The van der Waals surface area contributed by atoms with Gasteiger partial charge in [0.15, 0.2) is 6.10 Å². The second kappa shape index (κ2) is 46.5. The third-order valence-corrected chi connectivity index (χ3v) is 11.8. The number of hydrogen-bond acceptors (Lipinski definition) is 6. The lowest BCUT2D eigenvalue weighted by Gasteiger charge is -2.18. The van der Waals surface area contributed by atoms with Crippen molar-refractivity contribution in [2.45, 2.75) is 297 Å². The third kappa shape index (κ3) is 45.5. The fraction of sp³-hybridized carbons (Fsp3) is 0.942. The molecule has 0 fully saturated rings. The molecule has 344 valence electrons. The highest BCUT2D eigenvalue weighted by atomic mass is 16.6. The molecule has 0 heterocycles. The molecule has 0 aromatic rings. The summed E-state index contributed by atoms with van der Waals surface area (Å²) in [5, 5.41) is 0. The molecule has 0 saturated carbocycles. The smallest absolute Gasteiger partial charge is 0.306 e. The maximum absolute atomic E-state index is 12.6. The van der Waals surface area contributed by atoms with Crippen LogP contribution in [0.25, 0.3) is 0 Å². The van der Waals surface area contributed by atoms with Gasteiger partial charge in [0.2, 0.25) is 0 Å². The molecule has 0 saturated heterocycles. The lowest BCUT2D eigenvalue weighted by molar-refractivity contribution is -0.167. The molecule has 0 unspecified atom stereocenters. The van der Waals surface area contributed by atoms with E-state index in [1.165, 1.54) is 180 Å². The average molecular weight is 821 g/mol. The molecule has 0 amide bonds. The highest BCUT2D eigenvalue weighted by molar-refractivity contribution is 5.71. The summed E-state index contributed by atoms with van der Waals surface area (Å²) >= 11 is 0. The molecule has 0 aromatic heterocycles.